The van der Waals surface area contributed by atoms with E-state index < -0.39 is 11.6 Å². The highest BCUT2D eigenvalue weighted by Crippen LogP contribution is 2.30. The Hall–Kier alpha value is -3.41. The van der Waals surface area contributed by atoms with Crippen molar-refractivity contribution in [1.29, 1.82) is 0 Å². The summed E-state index contributed by atoms with van der Waals surface area (Å²) in [6, 6.07) is 7.42. The molecule has 1 aromatic heterocycles. The van der Waals surface area contributed by atoms with Crippen molar-refractivity contribution in [2.45, 2.75) is 64.0 Å². The first-order chi connectivity index (χ1) is 19.8. The molecule has 220 valence electrons. The number of Topliss-reactive ketones (excluding diaryl/α,β-unsaturated/α-hetero) is 1. The predicted octanol–water partition coefficient (Wildman–Crippen LogP) is 5.41. The molecule has 1 N–H and O–H groups in total. The fourth-order valence-electron chi connectivity index (χ4n) is 5.48. The third-order valence-electron chi connectivity index (χ3n) is 7.80. The number of carbonyl (C=O) groups excluding carboxylic acids is 2. The van der Waals surface area contributed by atoms with E-state index in [1.165, 1.54) is 25.3 Å². The number of oxazole rings is 1. The lowest BCUT2D eigenvalue weighted by Gasteiger charge is -2.32. The third-order valence-corrected chi connectivity index (χ3v) is 7.80. The summed E-state index contributed by atoms with van der Waals surface area (Å²) >= 11 is 0. The van der Waals surface area contributed by atoms with Crippen molar-refractivity contribution in [2.24, 2.45) is 5.92 Å². The zero-order valence-corrected chi connectivity index (χ0v) is 23.3. The van der Waals surface area contributed by atoms with Gasteiger partial charge in [0.2, 0.25) is 0 Å². The maximum atomic E-state index is 15.2. The number of ketones is 1. The van der Waals surface area contributed by atoms with Gasteiger partial charge in [-0.3, -0.25) is 14.4 Å². The number of hydrogen-bond acceptors (Lipinski definition) is 9. The summed E-state index contributed by atoms with van der Waals surface area (Å²) in [5.74, 6) is -1.55. The Balaban J connectivity index is 1.10. The molecule has 2 heterocycles. The van der Waals surface area contributed by atoms with Crippen molar-refractivity contribution >= 4 is 34.6 Å². The summed E-state index contributed by atoms with van der Waals surface area (Å²) in [5, 5.41) is 4.82. The lowest BCUT2D eigenvalue weighted by Crippen LogP contribution is -2.39. The quantitative estimate of drug-likeness (QED) is 0.303. The van der Waals surface area contributed by atoms with Crippen LogP contribution in [0, 0.1) is 24.5 Å². The molecule has 3 aromatic rings. The first kappa shape index (κ1) is 29.1. The van der Waals surface area contributed by atoms with Gasteiger partial charge in [-0.2, -0.15) is 10.0 Å². The first-order valence-electron chi connectivity index (χ1n) is 14.0. The maximum Gasteiger partial charge on any atom is 0.308 e. The van der Waals surface area contributed by atoms with Crippen LogP contribution in [0.2, 0.25) is 0 Å². The van der Waals surface area contributed by atoms with Crippen LogP contribution in [0.1, 0.15) is 49.7 Å². The highest BCUT2D eigenvalue weighted by atomic mass is 19.1. The van der Waals surface area contributed by atoms with Gasteiger partial charge in [0.1, 0.15) is 17.9 Å². The second kappa shape index (κ2) is 13.1. The molecule has 2 fully saturated rings. The lowest BCUT2D eigenvalue weighted by molar-refractivity contribution is -0.221. The molecular weight excluding hydrogens is 536 g/mol. The number of hydroxylamine groups is 2. The van der Waals surface area contributed by atoms with Crippen LogP contribution in [0.25, 0.3) is 11.1 Å². The Morgan fingerprint density at radius 3 is 2.71 bits per heavy atom. The predicted molar refractivity (Wildman–Crippen MR) is 146 cm³/mol. The first-order valence-corrected chi connectivity index (χ1v) is 14.0. The molecule has 41 heavy (non-hydrogen) atoms. The number of nitrogens with one attached hydrogen (secondary N) is 1. The van der Waals surface area contributed by atoms with Crippen LogP contribution in [-0.2, 0) is 30.3 Å². The SMILES string of the molecule is COC(=O)C1CCC(ON2CCC[C@H]2COCC(=O)Cc2ccc3nc(Nc4cc(F)ccc4C)oc3c2F)CC1. The van der Waals surface area contributed by atoms with Gasteiger partial charge in [-0.1, -0.05) is 12.1 Å². The summed E-state index contributed by atoms with van der Waals surface area (Å²) in [7, 11) is 1.42. The number of esters is 1. The summed E-state index contributed by atoms with van der Waals surface area (Å²) in [4.78, 5) is 34.8. The smallest absolute Gasteiger partial charge is 0.308 e. The number of halogens is 2. The molecule has 2 aliphatic rings. The molecular formula is C30H35F2N3O6. The second-order valence-electron chi connectivity index (χ2n) is 10.8. The minimum absolute atomic E-state index is 0.0271. The molecule has 0 bridgehead atoms. The number of nitrogens with zero attached hydrogens (tertiary/aromatic N) is 2. The van der Waals surface area contributed by atoms with Crippen LogP contribution in [0.4, 0.5) is 20.5 Å². The van der Waals surface area contributed by atoms with Crippen molar-refractivity contribution in [3.63, 3.8) is 0 Å². The molecule has 1 saturated carbocycles. The molecule has 1 aliphatic heterocycles. The lowest BCUT2D eigenvalue weighted by atomic mass is 9.87. The van der Waals surface area contributed by atoms with Crippen LogP contribution in [0.5, 0.6) is 0 Å². The Kier molecular flexibility index (Phi) is 9.26. The van der Waals surface area contributed by atoms with Gasteiger partial charge in [-0.05, 0) is 74.8 Å². The Bertz CT molecular complexity index is 1390. The van der Waals surface area contributed by atoms with Crippen molar-refractivity contribution in [3.8, 4) is 0 Å². The van der Waals surface area contributed by atoms with E-state index in [0.717, 1.165) is 50.6 Å². The molecule has 2 aromatic carbocycles. The average molecular weight is 572 g/mol. The van der Waals surface area contributed by atoms with Gasteiger partial charge in [0, 0.05) is 18.7 Å². The normalized spacial score (nSPS) is 21.3. The van der Waals surface area contributed by atoms with Gasteiger partial charge in [0.05, 0.1) is 31.8 Å². The van der Waals surface area contributed by atoms with E-state index in [0.29, 0.717) is 12.3 Å². The van der Waals surface area contributed by atoms with Crippen LogP contribution >= 0.6 is 0 Å². The molecule has 5 rings (SSSR count). The van der Waals surface area contributed by atoms with E-state index in [2.05, 4.69) is 10.3 Å². The summed E-state index contributed by atoms with van der Waals surface area (Å²) in [6.07, 6.45) is 4.87. The zero-order chi connectivity index (χ0) is 28.9. The Labute approximate surface area is 237 Å². The van der Waals surface area contributed by atoms with Crippen molar-refractivity contribution in [1.82, 2.24) is 10.0 Å². The Morgan fingerprint density at radius 2 is 1.93 bits per heavy atom. The topological polar surface area (TPSA) is 103 Å². The van der Waals surface area contributed by atoms with Crippen molar-refractivity contribution in [2.75, 3.05) is 32.2 Å². The van der Waals surface area contributed by atoms with Gasteiger partial charge in [-0.25, -0.2) is 8.78 Å². The minimum atomic E-state index is -0.662. The monoisotopic (exact) mass is 571 g/mol. The summed E-state index contributed by atoms with van der Waals surface area (Å²) in [5.41, 5.74) is 1.63. The number of ether oxygens (including phenoxy) is 2. The van der Waals surface area contributed by atoms with Gasteiger partial charge >= 0.3 is 5.97 Å². The molecule has 1 aliphatic carbocycles. The van der Waals surface area contributed by atoms with E-state index in [-0.39, 0.29) is 65.5 Å². The van der Waals surface area contributed by atoms with Crippen LogP contribution in [0.3, 0.4) is 0 Å². The van der Waals surface area contributed by atoms with Crippen molar-refractivity contribution in [3.05, 3.63) is 53.1 Å². The third kappa shape index (κ3) is 7.09. The standard InChI is InChI=1S/C30H35F2N3O6/c1-18-5-9-21(31)15-26(18)34-30-33-25-12-8-20(27(32)28(25)40-30)14-23(36)17-39-16-22-4-3-13-35(22)41-24-10-6-19(7-11-24)29(37)38-2/h5,8-9,12,15,19,22,24H,3-4,6-7,10-11,13-14,16-17H2,1-2H3,(H,33,34)/t19?,22-,24?/m0/s1. The number of fused-ring (bicyclic) bond motifs is 1. The maximum absolute atomic E-state index is 15.2. The number of aryl methyl sites for hydroxylation is 1. The number of hydrogen-bond donors (Lipinski definition) is 1. The highest BCUT2D eigenvalue weighted by Gasteiger charge is 2.32. The van der Waals surface area contributed by atoms with E-state index >= 15 is 4.39 Å². The molecule has 0 unspecified atom stereocenters. The number of benzene rings is 2. The van der Waals surface area contributed by atoms with Crippen molar-refractivity contribution < 1.29 is 37.1 Å². The molecule has 0 radical (unpaired) electrons. The van der Waals surface area contributed by atoms with Crippen LogP contribution in [0.15, 0.2) is 34.7 Å². The highest BCUT2D eigenvalue weighted by molar-refractivity contribution is 5.84. The fourth-order valence-corrected chi connectivity index (χ4v) is 5.48. The number of rotatable bonds is 11. The second-order valence-corrected chi connectivity index (χ2v) is 10.8. The fraction of sp³-hybridized carbons (Fsp3) is 0.500. The van der Waals surface area contributed by atoms with E-state index in [9.17, 15) is 14.0 Å². The molecule has 11 heteroatoms. The van der Waals surface area contributed by atoms with Gasteiger partial charge < -0.3 is 19.2 Å². The average Bonchev–Trinajstić information content (AvgIpc) is 3.59. The number of carbonyl (C=O) groups is 2. The molecule has 0 spiro atoms. The number of methoxy groups -OCH3 is 1. The largest absolute Gasteiger partial charge is 0.469 e. The van der Waals surface area contributed by atoms with Gasteiger partial charge in [0.25, 0.3) is 6.01 Å². The number of anilines is 2. The summed E-state index contributed by atoms with van der Waals surface area (Å²) < 4.78 is 44.9. The molecule has 0 amide bonds. The molecule has 9 nitrogen and oxygen atoms in total. The van der Waals surface area contributed by atoms with Crippen LogP contribution in [-0.4, -0.2) is 60.8 Å². The summed E-state index contributed by atoms with van der Waals surface area (Å²) in [6.45, 7) is 2.78. The van der Waals surface area contributed by atoms with Gasteiger partial charge in [-0.15, -0.1) is 0 Å². The van der Waals surface area contributed by atoms with E-state index in [4.69, 9.17) is 18.7 Å². The molecule has 1 atom stereocenters. The van der Waals surface area contributed by atoms with E-state index in [1.807, 2.05) is 5.06 Å². The minimum Gasteiger partial charge on any atom is -0.469 e. The Morgan fingerprint density at radius 1 is 1.12 bits per heavy atom. The molecule has 1 saturated heterocycles. The zero-order valence-electron chi connectivity index (χ0n) is 23.3. The van der Waals surface area contributed by atoms with E-state index in [1.54, 1.807) is 19.1 Å². The van der Waals surface area contributed by atoms with Crippen LogP contribution < -0.4 is 5.32 Å². The van der Waals surface area contributed by atoms with Gasteiger partial charge in [0.15, 0.2) is 17.2 Å². The number of aromatic nitrogens is 1.